The monoisotopic (exact) mass is 404 g/mol. The van der Waals surface area contributed by atoms with Crippen LogP contribution in [0.4, 0.5) is 5.69 Å². The Morgan fingerprint density at radius 3 is 2.25 bits per heavy atom. The maximum absolute atomic E-state index is 12.4. The molecule has 0 heterocycles. The van der Waals surface area contributed by atoms with E-state index < -0.39 is 11.9 Å². The highest BCUT2D eigenvalue weighted by Crippen LogP contribution is 2.20. The number of methoxy groups -OCH3 is 2. The van der Waals surface area contributed by atoms with Gasteiger partial charge in [0, 0.05) is 11.1 Å². The Morgan fingerprint density at radius 2 is 1.64 bits per heavy atom. The number of nitrogens with one attached hydrogen (secondary N) is 2. The van der Waals surface area contributed by atoms with Crippen molar-refractivity contribution in [3.63, 3.8) is 0 Å². The summed E-state index contributed by atoms with van der Waals surface area (Å²) in [4.78, 5) is 36.0. The van der Waals surface area contributed by atoms with Gasteiger partial charge < -0.3 is 20.1 Å². The molecule has 1 atom stereocenters. The first kappa shape index (κ1) is 21.4. The van der Waals surface area contributed by atoms with Crippen LogP contribution < -0.4 is 10.6 Å². The molecule has 2 aromatic rings. The summed E-state index contributed by atoms with van der Waals surface area (Å²) in [6.07, 6.45) is 0. The number of anilines is 1. The van der Waals surface area contributed by atoms with Gasteiger partial charge >= 0.3 is 11.9 Å². The number of amides is 1. The van der Waals surface area contributed by atoms with E-state index in [1.165, 1.54) is 32.4 Å². The molecule has 0 spiro atoms. The average molecular weight is 405 g/mol. The number of esters is 2. The van der Waals surface area contributed by atoms with E-state index in [1.54, 1.807) is 12.1 Å². The molecule has 0 aliphatic rings. The zero-order valence-corrected chi connectivity index (χ0v) is 16.5. The molecule has 0 bridgehead atoms. The molecule has 0 unspecified atom stereocenters. The number of carbonyl (C=O) groups excluding carboxylic acids is 3. The first-order valence-electron chi connectivity index (χ1n) is 8.45. The molecular formula is C20H21ClN2O5. The number of hydrogen-bond donors (Lipinski definition) is 2. The molecule has 2 N–H and O–H groups in total. The fourth-order valence-corrected chi connectivity index (χ4v) is 2.62. The number of halogens is 1. The van der Waals surface area contributed by atoms with Crippen LogP contribution in [-0.4, -0.2) is 38.6 Å². The largest absolute Gasteiger partial charge is 0.465 e. The van der Waals surface area contributed by atoms with Gasteiger partial charge in [-0.2, -0.15) is 0 Å². The third-order valence-electron chi connectivity index (χ3n) is 4.06. The van der Waals surface area contributed by atoms with Gasteiger partial charge in [0.2, 0.25) is 5.91 Å². The molecule has 0 aliphatic heterocycles. The number of ether oxygens (including phenoxy) is 2. The highest BCUT2D eigenvalue weighted by Gasteiger charge is 2.17. The van der Waals surface area contributed by atoms with Crippen molar-refractivity contribution in [3.05, 3.63) is 64.2 Å². The third-order valence-corrected chi connectivity index (χ3v) is 4.31. The van der Waals surface area contributed by atoms with Crippen LogP contribution in [0.3, 0.4) is 0 Å². The fourth-order valence-electron chi connectivity index (χ4n) is 2.49. The van der Waals surface area contributed by atoms with Crippen molar-refractivity contribution in [1.82, 2.24) is 5.32 Å². The lowest BCUT2D eigenvalue weighted by Gasteiger charge is -2.15. The number of carbonyl (C=O) groups is 3. The Labute approximate surface area is 168 Å². The topological polar surface area (TPSA) is 93.7 Å². The average Bonchev–Trinajstić information content (AvgIpc) is 2.71. The Bertz CT molecular complexity index is 867. The van der Waals surface area contributed by atoms with Crippen LogP contribution in [0.25, 0.3) is 0 Å². The smallest absolute Gasteiger partial charge is 0.339 e. The molecule has 0 aliphatic carbocycles. The van der Waals surface area contributed by atoms with Crippen LogP contribution in [0.1, 0.15) is 39.2 Å². The quantitative estimate of drug-likeness (QED) is 0.688. The first-order chi connectivity index (χ1) is 13.3. The summed E-state index contributed by atoms with van der Waals surface area (Å²) < 4.78 is 9.39. The molecule has 148 valence electrons. The van der Waals surface area contributed by atoms with E-state index >= 15 is 0 Å². The van der Waals surface area contributed by atoms with Gasteiger partial charge in [0.05, 0.1) is 37.6 Å². The summed E-state index contributed by atoms with van der Waals surface area (Å²) in [6.45, 7) is 1.90. The second-order valence-corrected chi connectivity index (χ2v) is 6.38. The molecule has 0 aromatic heterocycles. The van der Waals surface area contributed by atoms with Gasteiger partial charge in [0.15, 0.2) is 0 Å². The standard InChI is InChI=1S/C20H21ClN2O5/c1-12(13-4-7-15(21)8-5-13)22-11-18(24)23-17-10-14(19(25)27-2)6-9-16(17)20(26)28-3/h4-10,12,22H,11H2,1-3H3,(H,23,24)/t12-/m1/s1. The molecule has 2 rings (SSSR count). The summed E-state index contributed by atoms with van der Waals surface area (Å²) in [7, 11) is 2.48. The normalized spacial score (nSPS) is 11.4. The van der Waals surface area contributed by atoms with E-state index in [0.29, 0.717) is 5.02 Å². The third kappa shape index (κ3) is 5.55. The number of rotatable bonds is 7. The summed E-state index contributed by atoms with van der Waals surface area (Å²) in [6, 6.07) is 11.4. The molecule has 0 saturated heterocycles. The van der Waals surface area contributed by atoms with Crippen LogP contribution in [0.2, 0.25) is 5.02 Å². The minimum absolute atomic E-state index is 0.00709. The predicted molar refractivity (Wildman–Crippen MR) is 106 cm³/mol. The Kier molecular flexibility index (Phi) is 7.54. The maximum atomic E-state index is 12.4. The maximum Gasteiger partial charge on any atom is 0.339 e. The lowest BCUT2D eigenvalue weighted by atomic mass is 10.1. The van der Waals surface area contributed by atoms with E-state index in [9.17, 15) is 14.4 Å². The second-order valence-electron chi connectivity index (χ2n) is 5.95. The van der Waals surface area contributed by atoms with Crippen LogP contribution in [0.15, 0.2) is 42.5 Å². The molecule has 0 saturated carbocycles. The molecule has 0 radical (unpaired) electrons. The van der Waals surface area contributed by atoms with E-state index in [2.05, 4.69) is 15.4 Å². The van der Waals surface area contributed by atoms with E-state index in [4.69, 9.17) is 16.3 Å². The van der Waals surface area contributed by atoms with Gasteiger partial charge in [0.25, 0.3) is 0 Å². The highest BCUT2D eigenvalue weighted by atomic mass is 35.5. The Balaban J connectivity index is 2.09. The molecule has 28 heavy (non-hydrogen) atoms. The summed E-state index contributed by atoms with van der Waals surface area (Å²) in [5, 5.41) is 6.35. The van der Waals surface area contributed by atoms with Crippen molar-refractivity contribution in [2.24, 2.45) is 0 Å². The molecular weight excluding hydrogens is 384 g/mol. The van der Waals surface area contributed by atoms with Crippen molar-refractivity contribution >= 4 is 35.1 Å². The predicted octanol–water partition coefficient (Wildman–Crippen LogP) is 3.20. The van der Waals surface area contributed by atoms with Crippen molar-refractivity contribution in [1.29, 1.82) is 0 Å². The molecule has 7 nitrogen and oxygen atoms in total. The number of benzene rings is 2. The molecule has 0 fully saturated rings. The van der Waals surface area contributed by atoms with Crippen LogP contribution >= 0.6 is 11.6 Å². The van der Waals surface area contributed by atoms with Gasteiger partial charge in [-0.05, 0) is 42.8 Å². The highest BCUT2D eigenvalue weighted by molar-refractivity contribution is 6.30. The summed E-state index contributed by atoms with van der Waals surface area (Å²) in [5.41, 5.74) is 1.48. The molecule has 2 aromatic carbocycles. The van der Waals surface area contributed by atoms with Gasteiger partial charge in [-0.15, -0.1) is 0 Å². The summed E-state index contributed by atoms with van der Waals surface area (Å²) >= 11 is 5.88. The Morgan fingerprint density at radius 1 is 1.00 bits per heavy atom. The van der Waals surface area contributed by atoms with E-state index in [1.807, 2.05) is 19.1 Å². The summed E-state index contributed by atoms with van der Waals surface area (Å²) in [5.74, 6) is -1.59. The van der Waals surface area contributed by atoms with Crippen molar-refractivity contribution < 1.29 is 23.9 Å². The lowest BCUT2D eigenvalue weighted by Crippen LogP contribution is -2.30. The van der Waals surface area contributed by atoms with Gasteiger partial charge in [0.1, 0.15) is 0 Å². The fraction of sp³-hybridized carbons (Fsp3) is 0.250. The van der Waals surface area contributed by atoms with Crippen LogP contribution in [0, 0.1) is 0 Å². The lowest BCUT2D eigenvalue weighted by molar-refractivity contribution is -0.115. The zero-order valence-electron chi connectivity index (χ0n) is 15.7. The minimum Gasteiger partial charge on any atom is -0.465 e. The van der Waals surface area contributed by atoms with Gasteiger partial charge in [-0.25, -0.2) is 9.59 Å². The van der Waals surface area contributed by atoms with Crippen LogP contribution in [0.5, 0.6) is 0 Å². The molecule has 1 amide bonds. The van der Waals surface area contributed by atoms with E-state index in [0.717, 1.165) is 5.56 Å². The van der Waals surface area contributed by atoms with Gasteiger partial charge in [-0.1, -0.05) is 23.7 Å². The van der Waals surface area contributed by atoms with Crippen molar-refractivity contribution in [2.75, 3.05) is 26.1 Å². The van der Waals surface area contributed by atoms with E-state index in [-0.39, 0.29) is 35.3 Å². The molecule has 8 heteroatoms. The number of hydrogen-bond acceptors (Lipinski definition) is 6. The minimum atomic E-state index is -0.630. The van der Waals surface area contributed by atoms with Crippen molar-refractivity contribution in [2.45, 2.75) is 13.0 Å². The first-order valence-corrected chi connectivity index (χ1v) is 8.83. The van der Waals surface area contributed by atoms with Crippen LogP contribution in [-0.2, 0) is 14.3 Å². The SMILES string of the molecule is COC(=O)c1ccc(C(=O)OC)c(NC(=O)CN[C@H](C)c2ccc(Cl)cc2)c1. The van der Waals surface area contributed by atoms with Crippen molar-refractivity contribution in [3.8, 4) is 0 Å². The van der Waals surface area contributed by atoms with Gasteiger partial charge in [-0.3, -0.25) is 4.79 Å². The Hall–Kier alpha value is -2.90. The zero-order chi connectivity index (χ0) is 20.7. The second kappa shape index (κ2) is 9.87.